The van der Waals surface area contributed by atoms with Gasteiger partial charge in [-0.25, -0.2) is 4.98 Å². The molecule has 32 heavy (non-hydrogen) atoms. The lowest BCUT2D eigenvalue weighted by Gasteiger charge is -2.37. The lowest BCUT2D eigenvalue weighted by Crippen LogP contribution is -2.54. The van der Waals surface area contributed by atoms with Gasteiger partial charge in [0, 0.05) is 26.2 Å². The van der Waals surface area contributed by atoms with E-state index in [2.05, 4.69) is 63.9 Å². The first-order valence-corrected chi connectivity index (χ1v) is 11.8. The van der Waals surface area contributed by atoms with Gasteiger partial charge in [0.1, 0.15) is 0 Å². The van der Waals surface area contributed by atoms with Crippen molar-refractivity contribution in [1.29, 1.82) is 0 Å². The Morgan fingerprint density at radius 3 is 2.44 bits per heavy atom. The number of nitrogens with zero attached hydrogens (tertiary/aromatic N) is 3. The average Bonchev–Trinajstić information content (AvgIpc) is 3.25. The molecule has 1 aromatic heterocycles. The van der Waals surface area contributed by atoms with E-state index in [4.69, 9.17) is 4.74 Å². The number of hydrogen-bond acceptors (Lipinski definition) is 4. The maximum atomic E-state index is 13.2. The van der Waals surface area contributed by atoms with E-state index in [0.717, 1.165) is 49.1 Å². The summed E-state index contributed by atoms with van der Waals surface area (Å²) in [6.07, 6.45) is 3.90. The molecular weight excluding hydrogens is 400 g/mol. The Morgan fingerprint density at radius 1 is 1.03 bits per heavy atom. The van der Waals surface area contributed by atoms with Crippen LogP contribution < -0.4 is 5.32 Å². The summed E-state index contributed by atoms with van der Waals surface area (Å²) < 4.78 is 7.66. The van der Waals surface area contributed by atoms with Crippen LogP contribution in [0.25, 0.3) is 11.0 Å². The number of para-hydroxylation sites is 2. The molecule has 1 saturated heterocycles. The van der Waals surface area contributed by atoms with Crippen molar-refractivity contribution in [1.82, 2.24) is 19.8 Å². The second-order valence-electron chi connectivity index (χ2n) is 8.57. The van der Waals surface area contributed by atoms with Crippen LogP contribution in [0, 0.1) is 5.92 Å². The summed E-state index contributed by atoms with van der Waals surface area (Å²) in [5.74, 6) is 0.495. The number of morpholine rings is 1. The van der Waals surface area contributed by atoms with Crippen LogP contribution in [0.1, 0.15) is 37.8 Å². The van der Waals surface area contributed by atoms with Gasteiger partial charge in [-0.2, -0.15) is 0 Å². The first-order chi connectivity index (χ1) is 15.7. The number of benzene rings is 2. The van der Waals surface area contributed by atoms with Crippen LogP contribution in [0.5, 0.6) is 0 Å². The van der Waals surface area contributed by atoms with E-state index in [1.807, 2.05) is 24.5 Å². The fourth-order valence-electron chi connectivity index (χ4n) is 4.66. The molecule has 0 unspecified atom stereocenters. The molecule has 0 spiro atoms. The molecule has 2 aromatic carbocycles. The summed E-state index contributed by atoms with van der Waals surface area (Å²) in [7, 11) is 0. The maximum absolute atomic E-state index is 13.2. The number of amides is 1. The standard InChI is InChI=1S/C26H34N4O2/c1-3-22(4-2)25(29-13-15-32-16-14-29)26(31)27-17-20-9-11-21(12-10-20)18-30-19-28-23-7-5-6-8-24(23)30/h5-12,19,22,25H,3-4,13-18H2,1-2H3,(H,27,31)/t25-/m0/s1. The Morgan fingerprint density at radius 2 is 1.72 bits per heavy atom. The molecule has 0 aliphatic carbocycles. The van der Waals surface area contributed by atoms with Crippen molar-refractivity contribution in [3.05, 3.63) is 66.0 Å². The van der Waals surface area contributed by atoms with Crippen molar-refractivity contribution in [2.75, 3.05) is 26.3 Å². The summed E-state index contributed by atoms with van der Waals surface area (Å²) in [5.41, 5.74) is 4.48. The molecule has 170 valence electrons. The molecule has 0 saturated carbocycles. The Hall–Kier alpha value is -2.70. The van der Waals surface area contributed by atoms with E-state index < -0.39 is 0 Å². The van der Waals surface area contributed by atoms with E-state index in [1.54, 1.807) is 0 Å². The topological polar surface area (TPSA) is 59.4 Å². The first kappa shape index (κ1) is 22.5. The van der Waals surface area contributed by atoms with Crippen LogP contribution in [0.3, 0.4) is 0 Å². The van der Waals surface area contributed by atoms with Crippen molar-refractivity contribution in [2.24, 2.45) is 5.92 Å². The number of aromatic nitrogens is 2. The highest BCUT2D eigenvalue weighted by Gasteiger charge is 2.32. The van der Waals surface area contributed by atoms with E-state index in [0.29, 0.717) is 25.7 Å². The zero-order chi connectivity index (χ0) is 22.3. The van der Waals surface area contributed by atoms with Crippen LogP contribution in [-0.4, -0.2) is 52.7 Å². The van der Waals surface area contributed by atoms with Gasteiger partial charge in [0.2, 0.25) is 5.91 Å². The summed E-state index contributed by atoms with van der Waals surface area (Å²) in [6, 6.07) is 16.6. The SMILES string of the molecule is CCC(CC)[C@@H](C(=O)NCc1ccc(Cn2cnc3ccccc32)cc1)N1CCOCC1. The molecule has 4 rings (SSSR count). The van der Waals surface area contributed by atoms with Crippen LogP contribution in [0.2, 0.25) is 0 Å². The Kier molecular flexibility index (Phi) is 7.55. The monoisotopic (exact) mass is 434 g/mol. The fourth-order valence-corrected chi connectivity index (χ4v) is 4.66. The predicted molar refractivity (Wildman–Crippen MR) is 127 cm³/mol. The number of nitrogens with one attached hydrogen (secondary N) is 1. The number of carbonyl (C=O) groups excluding carboxylic acids is 1. The second-order valence-corrected chi connectivity index (χ2v) is 8.57. The number of carbonyl (C=O) groups is 1. The second kappa shape index (κ2) is 10.7. The maximum Gasteiger partial charge on any atom is 0.237 e. The molecule has 2 heterocycles. The zero-order valence-corrected chi connectivity index (χ0v) is 19.2. The molecule has 1 amide bonds. The van der Waals surface area contributed by atoms with E-state index in [1.165, 1.54) is 5.56 Å². The quantitative estimate of drug-likeness (QED) is 0.556. The van der Waals surface area contributed by atoms with Crippen LogP contribution >= 0.6 is 0 Å². The summed E-state index contributed by atoms with van der Waals surface area (Å²) in [4.78, 5) is 19.9. The average molecular weight is 435 g/mol. The van der Waals surface area contributed by atoms with E-state index in [9.17, 15) is 4.79 Å². The van der Waals surface area contributed by atoms with Crippen molar-refractivity contribution in [3.63, 3.8) is 0 Å². The highest BCUT2D eigenvalue weighted by atomic mass is 16.5. The van der Waals surface area contributed by atoms with Gasteiger partial charge in [-0.1, -0.05) is 63.1 Å². The van der Waals surface area contributed by atoms with Crippen LogP contribution in [0.15, 0.2) is 54.9 Å². The summed E-state index contributed by atoms with van der Waals surface area (Å²) in [6.45, 7) is 8.75. The van der Waals surface area contributed by atoms with E-state index in [-0.39, 0.29) is 11.9 Å². The minimum absolute atomic E-state index is 0.0808. The summed E-state index contributed by atoms with van der Waals surface area (Å²) in [5, 5.41) is 3.20. The molecule has 0 bridgehead atoms. The number of hydrogen-bond donors (Lipinski definition) is 1. The molecule has 1 aliphatic rings. The van der Waals surface area contributed by atoms with Crippen molar-refractivity contribution >= 4 is 16.9 Å². The highest BCUT2D eigenvalue weighted by molar-refractivity contribution is 5.82. The number of rotatable bonds is 9. The lowest BCUT2D eigenvalue weighted by molar-refractivity contribution is -0.131. The fraction of sp³-hybridized carbons (Fsp3) is 0.462. The molecular formula is C26H34N4O2. The van der Waals surface area contributed by atoms with Gasteiger partial charge in [0.05, 0.1) is 36.6 Å². The van der Waals surface area contributed by atoms with Gasteiger partial charge in [-0.05, 0) is 29.2 Å². The molecule has 1 aliphatic heterocycles. The number of ether oxygens (including phenoxy) is 1. The number of imidazole rings is 1. The lowest BCUT2D eigenvalue weighted by atomic mass is 9.91. The van der Waals surface area contributed by atoms with Gasteiger partial charge in [0.15, 0.2) is 0 Å². The van der Waals surface area contributed by atoms with Gasteiger partial charge in [-0.15, -0.1) is 0 Å². The Balaban J connectivity index is 1.37. The Bertz CT molecular complexity index is 1000. The Labute approximate surface area is 190 Å². The van der Waals surface area contributed by atoms with Crippen molar-refractivity contribution in [2.45, 2.75) is 45.8 Å². The molecule has 1 fully saturated rings. The molecule has 0 radical (unpaired) electrons. The number of fused-ring (bicyclic) bond motifs is 1. The molecule has 6 nitrogen and oxygen atoms in total. The van der Waals surface area contributed by atoms with Gasteiger partial charge < -0.3 is 14.6 Å². The molecule has 1 atom stereocenters. The van der Waals surface area contributed by atoms with Gasteiger partial charge in [-0.3, -0.25) is 9.69 Å². The molecule has 6 heteroatoms. The van der Waals surface area contributed by atoms with Crippen molar-refractivity contribution in [3.8, 4) is 0 Å². The summed E-state index contributed by atoms with van der Waals surface area (Å²) >= 11 is 0. The predicted octanol–water partition coefficient (Wildman–Crippen LogP) is 3.84. The highest BCUT2D eigenvalue weighted by Crippen LogP contribution is 2.21. The molecule has 3 aromatic rings. The van der Waals surface area contributed by atoms with Gasteiger partial charge >= 0.3 is 0 Å². The van der Waals surface area contributed by atoms with Crippen LogP contribution in [-0.2, 0) is 22.6 Å². The van der Waals surface area contributed by atoms with Gasteiger partial charge in [0.25, 0.3) is 0 Å². The normalized spacial score (nSPS) is 15.8. The van der Waals surface area contributed by atoms with Crippen LogP contribution in [0.4, 0.5) is 0 Å². The minimum Gasteiger partial charge on any atom is -0.379 e. The minimum atomic E-state index is -0.0808. The third-order valence-corrected chi connectivity index (χ3v) is 6.57. The van der Waals surface area contributed by atoms with Crippen molar-refractivity contribution < 1.29 is 9.53 Å². The smallest absolute Gasteiger partial charge is 0.237 e. The first-order valence-electron chi connectivity index (χ1n) is 11.8. The van der Waals surface area contributed by atoms with E-state index >= 15 is 0 Å². The largest absolute Gasteiger partial charge is 0.379 e. The third-order valence-electron chi connectivity index (χ3n) is 6.57. The molecule has 1 N–H and O–H groups in total. The zero-order valence-electron chi connectivity index (χ0n) is 19.2. The third kappa shape index (κ3) is 5.19.